The van der Waals surface area contributed by atoms with Gasteiger partial charge in [0, 0.05) is 5.02 Å². The van der Waals surface area contributed by atoms with Crippen LogP contribution in [0.1, 0.15) is 0 Å². The van der Waals surface area contributed by atoms with Gasteiger partial charge in [-0.05, 0) is 33.4 Å². The second-order valence-corrected chi connectivity index (χ2v) is 5.31. The van der Waals surface area contributed by atoms with Gasteiger partial charge in [-0.25, -0.2) is 0 Å². The van der Waals surface area contributed by atoms with E-state index in [1.54, 1.807) is 12.1 Å². The molecule has 1 aromatic heterocycles. The van der Waals surface area contributed by atoms with Crippen molar-refractivity contribution in [2.45, 2.75) is 0 Å². The van der Waals surface area contributed by atoms with Gasteiger partial charge in [0.2, 0.25) is 0 Å². The third-order valence-corrected chi connectivity index (χ3v) is 3.72. The smallest absolute Gasteiger partial charge is 0.872 e. The van der Waals surface area contributed by atoms with Crippen LogP contribution >= 0.6 is 11.6 Å². The summed E-state index contributed by atoms with van der Waals surface area (Å²) in [4.78, 5) is 8.94. The van der Waals surface area contributed by atoms with E-state index in [0.717, 1.165) is 21.8 Å². The van der Waals surface area contributed by atoms with Crippen molar-refractivity contribution in [3.8, 4) is 17.1 Å². The Morgan fingerprint density at radius 2 is 1.68 bits per heavy atom. The van der Waals surface area contributed by atoms with Gasteiger partial charge in [-0.2, -0.15) is 0 Å². The quantitative estimate of drug-likeness (QED) is 0.488. The van der Waals surface area contributed by atoms with Crippen LogP contribution in [-0.2, 0) is 17.1 Å². The number of benzene rings is 3. The van der Waals surface area contributed by atoms with Gasteiger partial charge in [-0.15, -0.1) is 5.75 Å². The summed E-state index contributed by atoms with van der Waals surface area (Å²) in [6.45, 7) is 0. The van der Waals surface area contributed by atoms with Crippen molar-refractivity contribution in [1.82, 2.24) is 9.97 Å². The minimum Gasteiger partial charge on any atom is -0.872 e. The fraction of sp³-hybridized carbons (Fsp3) is 0. The molecule has 0 saturated carbocycles. The van der Waals surface area contributed by atoms with Crippen molar-refractivity contribution in [3.05, 3.63) is 59.6 Å². The summed E-state index contributed by atoms with van der Waals surface area (Å²) >= 11 is 5.81. The van der Waals surface area contributed by atoms with Gasteiger partial charge in [0.25, 0.3) is 0 Å². The van der Waals surface area contributed by atoms with E-state index < -0.39 is 0 Å². The zero-order chi connectivity index (χ0) is 14.4. The SMILES string of the molecule is [Cu+2].[O-]c1cc(Cl)ccc1-c1nc2cc3ccccc3cc2[n-]1. The third kappa shape index (κ3) is 2.46. The molecule has 0 spiro atoms. The van der Waals surface area contributed by atoms with E-state index >= 15 is 0 Å². The zero-order valence-electron chi connectivity index (χ0n) is 11.2. The minimum atomic E-state index is -0.164. The van der Waals surface area contributed by atoms with Crippen LogP contribution in [0.2, 0.25) is 5.02 Å². The Bertz CT molecular complexity index is 928. The van der Waals surface area contributed by atoms with Crippen molar-refractivity contribution in [1.29, 1.82) is 0 Å². The van der Waals surface area contributed by atoms with Crippen molar-refractivity contribution in [3.63, 3.8) is 0 Å². The molecule has 0 bridgehead atoms. The predicted molar refractivity (Wildman–Crippen MR) is 82.5 cm³/mol. The molecule has 0 saturated heterocycles. The van der Waals surface area contributed by atoms with Gasteiger partial charge in [-0.1, -0.05) is 66.0 Å². The average Bonchev–Trinajstić information content (AvgIpc) is 2.87. The van der Waals surface area contributed by atoms with Crippen molar-refractivity contribution < 1.29 is 22.2 Å². The molecule has 0 fully saturated rings. The number of nitrogens with zero attached hydrogens (tertiary/aromatic N) is 2. The monoisotopic (exact) mass is 355 g/mol. The first-order valence-corrected chi connectivity index (χ1v) is 6.89. The predicted octanol–water partition coefficient (Wildman–Crippen LogP) is 3.74. The largest absolute Gasteiger partial charge is 2.00 e. The maximum atomic E-state index is 12.0. The summed E-state index contributed by atoms with van der Waals surface area (Å²) in [5.74, 6) is 0.282. The standard InChI is InChI=1S/C17H10ClN2O.Cu/c18-12-5-6-13(16(21)9-12)17-19-14-7-10-3-1-2-4-11(10)8-15(14)20-17;/h1-9H,(H-,19,20,21);/q-1;+2/p-1. The van der Waals surface area contributed by atoms with E-state index in [1.165, 1.54) is 6.07 Å². The number of fused-ring (bicyclic) bond motifs is 2. The molecule has 4 aromatic rings. The molecule has 0 amide bonds. The van der Waals surface area contributed by atoms with E-state index in [4.69, 9.17) is 11.6 Å². The minimum absolute atomic E-state index is 0. The molecule has 0 atom stereocenters. The van der Waals surface area contributed by atoms with Crippen LogP contribution in [0.15, 0.2) is 54.6 Å². The van der Waals surface area contributed by atoms with Gasteiger partial charge >= 0.3 is 17.1 Å². The fourth-order valence-corrected chi connectivity index (χ4v) is 2.61. The van der Waals surface area contributed by atoms with E-state index in [-0.39, 0.29) is 22.8 Å². The Morgan fingerprint density at radius 1 is 0.955 bits per heavy atom. The summed E-state index contributed by atoms with van der Waals surface area (Å²) in [5, 5.41) is 14.6. The van der Waals surface area contributed by atoms with Crippen LogP contribution in [-0.4, -0.2) is 4.98 Å². The molecule has 111 valence electrons. The molecule has 0 N–H and O–H groups in total. The molecule has 1 radical (unpaired) electrons. The Labute approximate surface area is 142 Å². The number of aromatic nitrogens is 2. The Hall–Kier alpha value is -2.00. The molecule has 4 rings (SSSR count). The average molecular weight is 356 g/mol. The van der Waals surface area contributed by atoms with E-state index in [0.29, 0.717) is 16.4 Å². The molecule has 3 nitrogen and oxygen atoms in total. The number of hydrogen-bond donors (Lipinski definition) is 0. The number of halogens is 1. The van der Waals surface area contributed by atoms with Gasteiger partial charge in [-0.3, -0.25) is 0 Å². The molecule has 1 heterocycles. The second kappa shape index (κ2) is 5.65. The number of rotatable bonds is 1. The first-order valence-electron chi connectivity index (χ1n) is 6.51. The van der Waals surface area contributed by atoms with Crippen LogP contribution in [0.3, 0.4) is 0 Å². The zero-order valence-corrected chi connectivity index (χ0v) is 12.9. The van der Waals surface area contributed by atoms with Crippen LogP contribution in [0.25, 0.3) is 33.2 Å². The Balaban J connectivity index is 0.00000144. The molecular weight excluding hydrogens is 347 g/mol. The van der Waals surface area contributed by atoms with Gasteiger partial charge in [0.05, 0.1) is 0 Å². The van der Waals surface area contributed by atoms with Crippen LogP contribution in [0.5, 0.6) is 5.75 Å². The maximum Gasteiger partial charge on any atom is 2.00 e. The van der Waals surface area contributed by atoms with Crippen molar-refractivity contribution in [2.24, 2.45) is 0 Å². The van der Waals surface area contributed by atoms with Crippen LogP contribution in [0, 0.1) is 0 Å². The van der Waals surface area contributed by atoms with E-state index in [1.807, 2.05) is 36.4 Å². The molecule has 22 heavy (non-hydrogen) atoms. The van der Waals surface area contributed by atoms with Gasteiger partial charge in [0.1, 0.15) is 0 Å². The summed E-state index contributed by atoms with van der Waals surface area (Å²) in [5.41, 5.74) is 2.05. The summed E-state index contributed by atoms with van der Waals surface area (Å²) in [7, 11) is 0. The Morgan fingerprint density at radius 3 is 2.41 bits per heavy atom. The third-order valence-electron chi connectivity index (χ3n) is 3.48. The maximum absolute atomic E-state index is 12.0. The number of imidazole rings is 1. The van der Waals surface area contributed by atoms with E-state index in [9.17, 15) is 5.11 Å². The van der Waals surface area contributed by atoms with Crippen molar-refractivity contribution >= 4 is 33.4 Å². The van der Waals surface area contributed by atoms with Gasteiger partial charge in [0.15, 0.2) is 0 Å². The first kappa shape index (κ1) is 14.9. The van der Waals surface area contributed by atoms with Crippen LogP contribution in [0.4, 0.5) is 0 Å². The molecule has 0 aliphatic rings. The van der Waals surface area contributed by atoms with Gasteiger partial charge < -0.3 is 15.1 Å². The fourth-order valence-electron chi connectivity index (χ4n) is 2.45. The van der Waals surface area contributed by atoms with Crippen molar-refractivity contribution in [2.75, 3.05) is 0 Å². The number of hydrogen-bond acceptors (Lipinski definition) is 2. The molecule has 0 aliphatic carbocycles. The Kier molecular flexibility index (Phi) is 3.83. The molecule has 0 unspecified atom stereocenters. The van der Waals surface area contributed by atoms with E-state index in [2.05, 4.69) is 9.97 Å². The molecule has 0 aliphatic heterocycles. The first-order chi connectivity index (χ1) is 10.2. The molecular formula is C17H9ClCuN2O. The summed E-state index contributed by atoms with van der Waals surface area (Å²) < 4.78 is 0. The second-order valence-electron chi connectivity index (χ2n) is 4.88. The normalized spacial score (nSPS) is 10.8. The summed E-state index contributed by atoms with van der Waals surface area (Å²) in [6, 6.07) is 16.7. The van der Waals surface area contributed by atoms with Crippen LogP contribution < -0.4 is 10.1 Å². The summed E-state index contributed by atoms with van der Waals surface area (Å²) in [6.07, 6.45) is 0. The molecule has 5 heteroatoms. The molecule has 3 aromatic carbocycles. The topological polar surface area (TPSA) is 50.1 Å².